The molecule has 110 valence electrons. The molecule has 0 radical (unpaired) electrons. The summed E-state index contributed by atoms with van der Waals surface area (Å²) in [5.41, 5.74) is 2.59. The Bertz CT molecular complexity index is 623. The Morgan fingerprint density at radius 1 is 1.43 bits per heavy atom. The summed E-state index contributed by atoms with van der Waals surface area (Å²) in [6.07, 6.45) is 3.36. The van der Waals surface area contributed by atoms with Crippen molar-refractivity contribution < 1.29 is 14.7 Å². The zero-order valence-corrected chi connectivity index (χ0v) is 11.7. The van der Waals surface area contributed by atoms with Crippen LogP contribution in [0, 0.1) is 6.92 Å². The number of rotatable bonds is 6. The molecular formula is C15H17N3O3. The first kappa shape index (κ1) is 14.8. The van der Waals surface area contributed by atoms with E-state index in [2.05, 4.69) is 15.3 Å². The SMILES string of the molecule is Cc1cccc(CC(=O)N[C@H](Cc2cnc[nH]2)C(=O)O)c1. The third kappa shape index (κ3) is 4.45. The molecule has 0 unspecified atom stereocenters. The maximum Gasteiger partial charge on any atom is 0.326 e. The largest absolute Gasteiger partial charge is 0.480 e. The average molecular weight is 287 g/mol. The molecule has 1 aromatic heterocycles. The number of aromatic amines is 1. The first-order valence-corrected chi connectivity index (χ1v) is 6.59. The number of carbonyl (C=O) groups is 2. The van der Waals surface area contributed by atoms with Crippen molar-refractivity contribution in [2.75, 3.05) is 0 Å². The van der Waals surface area contributed by atoms with Crippen molar-refractivity contribution in [2.45, 2.75) is 25.8 Å². The van der Waals surface area contributed by atoms with E-state index in [-0.39, 0.29) is 18.7 Å². The van der Waals surface area contributed by atoms with Crippen LogP contribution in [0.25, 0.3) is 0 Å². The van der Waals surface area contributed by atoms with Crippen LogP contribution in [0.4, 0.5) is 0 Å². The van der Waals surface area contributed by atoms with Crippen LogP contribution >= 0.6 is 0 Å². The molecule has 0 bridgehead atoms. The van der Waals surface area contributed by atoms with Gasteiger partial charge in [0.05, 0.1) is 12.7 Å². The van der Waals surface area contributed by atoms with Gasteiger partial charge in [0, 0.05) is 18.3 Å². The number of imidazole rings is 1. The number of hydrogen-bond donors (Lipinski definition) is 3. The van der Waals surface area contributed by atoms with Crippen LogP contribution < -0.4 is 5.32 Å². The van der Waals surface area contributed by atoms with Crippen LogP contribution in [-0.2, 0) is 22.4 Å². The molecule has 0 aliphatic carbocycles. The summed E-state index contributed by atoms with van der Waals surface area (Å²) in [7, 11) is 0. The molecule has 21 heavy (non-hydrogen) atoms. The second kappa shape index (κ2) is 6.69. The molecule has 3 N–H and O–H groups in total. The molecule has 0 saturated heterocycles. The van der Waals surface area contributed by atoms with Gasteiger partial charge in [-0.1, -0.05) is 29.8 Å². The Morgan fingerprint density at radius 2 is 2.24 bits per heavy atom. The van der Waals surface area contributed by atoms with E-state index in [1.807, 2.05) is 31.2 Å². The molecule has 6 heteroatoms. The average Bonchev–Trinajstić information content (AvgIpc) is 2.90. The summed E-state index contributed by atoms with van der Waals surface area (Å²) in [4.78, 5) is 29.8. The molecule has 0 spiro atoms. The molecule has 1 atom stereocenters. The van der Waals surface area contributed by atoms with Gasteiger partial charge in [-0.3, -0.25) is 4.79 Å². The quantitative estimate of drug-likeness (QED) is 0.740. The van der Waals surface area contributed by atoms with Crippen LogP contribution in [0.5, 0.6) is 0 Å². The van der Waals surface area contributed by atoms with Gasteiger partial charge >= 0.3 is 5.97 Å². The van der Waals surface area contributed by atoms with Crippen molar-refractivity contribution in [1.82, 2.24) is 15.3 Å². The molecule has 0 fully saturated rings. The number of aryl methyl sites for hydroxylation is 1. The predicted octanol–water partition coefficient (Wildman–Crippen LogP) is 1.07. The van der Waals surface area contributed by atoms with Gasteiger partial charge in [-0.25, -0.2) is 9.78 Å². The van der Waals surface area contributed by atoms with Gasteiger partial charge in [0.15, 0.2) is 0 Å². The fourth-order valence-electron chi connectivity index (χ4n) is 2.07. The lowest BCUT2D eigenvalue weighted by Crippen LogP contribution is -2.43. The fraction of sp³-hybridized carbons (Fsp3) is 0.267. The minimum absolute atomic E-state index is 0.161. The zero-order valence-electron chi connectivity index (χ0n) is 11.7. The summed E-state index contributed by atoms with van der Waals surface area (Å²) in [6.45, 7) is 1.94. The number of carbonyl (C=O) groups excluding carboxylic acids is 1. The second-order valence-corrected chi connectivity index (χ2v) is 4.91. The second-order valence-electron chi connectivity index (χ2n) is 4.91. The van der Waals surface area contributed by atoms with Crippen molar-refractivity contribution in [3.8, 4) is 0 Å². The van der Waals surface area contributed by atoms with Crippen molar-refractivity contribution in [2.24, 2.45) is 0 Å². The number of carboxylic acids is 1. The Hall–Kier alpha value is -2.63. The highest BCUT2D eigenvalue weighted by molar-refractivity contribution is 5.85. The van der Waals surface area contributed by atoms with Gasteiger partial charge in [0.1, 0.15) is 6.04 Å². The molecule has 1 aromatic carbocycles. The minimum atomic E-state index is -1.07. The monoisotopic (exact) mass is 287 g/mol. The molecule has 2 rings (SSSR count). The number of aliphatic carboxylic acids is 1. The molecule has 0 aliphatic heterocycles. The van der Waals surface area contributed by atoms with Gasteiger partial charge in [-0.2, -0.15) is 0 Å². The number of carboxylic acid groups (broad SMARTS) is 1. The van der Waals surface area contributed by atoms with E-state index in [0.717, 1.165) is 11.1 Å². The van der Waals surface area contributed by atoms with Crippen LogP contribution in [-0.4, -0.2) is 33.0 Å². The maximum absolute atomic E-state index is 12.0. The van der Waals surface area contributed by atoms with Gasteiger partial charge in [-0.05, 0) is 12.5 Å². The topological polar surface area (TPSA) is 95.1 Å². The third-order valence-corrected chi connectivity index (χ3v) is 3.06. The summed E-state index contributed by atoms with van der Waals surface area (Å²) in [5.74, 6) is -1.38. The third-order valence-electron chi connectivity index (χ3n) is 3.06. The molecule has 2 aromatic rings. The molecular weight excluding hydrogens is 270 g/mol. The van der Waals surface area contributed by atoms with Gasteiger partial charge < -0.3 is 15.4 Å². The highest BCUT2D eigenvalue weighted by Gasteiger charge is 2.21. The van der Waals surface area contributed by atoms with Crippen LogP contribution in [0.15, 0.2) is 36.8 Å². The molecule has 0 aliphatic rings. The molecule has 0 saturated carbocycles. The molecule has 1 heterocycles. The number of amides is 1. The Kier molecular flexibility index (Phi) is 4.71. The summed E-state index contributed by atoms with van der Waals surface area (Å²) < 4.78 is 0. The first-order valence-electron chi connectivity index (χ1n) is 6.59. The van der Waals surface area contributed by atoms with E-state index >= 15 is 0 Å². The highest BCUT2D eigenvalue weighted by Crippen LogP contribution is 2.05. The lowest BCUT2D eigenvalue weighted by molar-refractivity contribution is -0.141. The number of nitrogens with one attached hydrogen (secondary N) is 2. The van der Waals surface area contributed by atoms with Crippen LogP contribution in [0.2, 0.25) is 0 Å². The molecule has 1 amide bonds. The van der Waals surface area contributed by atoms with Crippen molar-refractivity contribution >= 4 is 11.9 Å². The number of H-pyrrole nitrogens is 1. The maximum atomic E-state index is 12.0. The van der Waals surface area contributed by atoms with E-state index in [0.29, 0.717) is 5.69 Å². The minimum Gasteiger partial charge on any atom is -0.480 e. The predicted molar refractivity (Wildman–Crippen MR) is 76.7 cm³/mol. The number of benzene rings is 1. The Morgan fingerprint density at radius 3 is 2.86 bits per heavy atom. The van der Waals surface area contributed by atoms with E-state index in [1.165, 1.54) is 6.33 Å². The van der Waals surface area contributed by atoms with Crippen molar-refractivity contribution in [1.29, 1.82) is 0 Å². The smallest absolute Gasteiger partial charge is 0.326 e. The normalized spacial score (nSPS) is 11.9. The van der Waals surface area contributed by atoms with Crippen LogP contribution in [0.3, 0.4) is 0 Å². The summed E-state index contributed by atoms with van der Waals surface area (Å²) >= 11 is 0. The summed E-state index contributed by atoms with van der Waals surface area (Å²) in [5, 5.41) is 11.7. The fourth-order valence-corrected chi connectivity index (χ4v) is 2.07. The lowest BCUT2D eigenvalue weighted by Gasteiger charge is -2.13. The number of hydrogen-bond acceptors (Lipinski definition) is 3. The standard InChI is InChI=1S/C15H17N3O3/c1-10-3-2-4-11(5-10)6-14(19)18-13(15(20)21)7-12-8-16-9-17-12/h2-5,8-9,13H,6-7H2,1H3,(H,16,17)(H,18,19)(H,20,21)/t13-/m1/s1. The molecule has 6 nitrogen and oxygen atoms in total. The number of nitrogens with zero attached hydrogens (tertiary/aromatic N) is 1. The van der Waals surface area contributed by atoms with Gasteiger partial charge in [0.2, 0.25) is 5.91 Å². The lowest BCUT2D eigenvalue weighted by atomic mass is 10.1. The van der Waals surface area contributed by atoms with Crippen LogP contribution in [0.1, 0.15) is 16.8 Å². The summed E-state index contributed by atoms with van der Waals surface area (Å²) in [6, 6.07) is 6.60. The van der Waals surface area contributed by atoms with Gasteiger partial charge in [-0.15, -0.1) is 0 Å². The zero-order chi connectivity index (χ0) is 15.2. The van der Waals surface area contributed by atoms with E-state index < -0.39 is 12.0 Å². The highest BCUT2D eigenvalue weighted by atomic mass is 16.4. The van der Waals surface area contributed by atoms with E-state index in [9.17, 15) is 14.7 Å². The van der Waals surface area contributed by atoms with E-state index in [4.69, 9.17) is 0 Å². The van der Waals surface area contributed by atoms with Gasteiger partial charge in [0.25, 0.3) is 0 Å². The van der Waals surface area contributed by atoms with E-state index in [1.54, 1.807) is 6.20 Å². The van der Waals surface area contributed by atoms with Crippen molar-refractivity contribution in [3.63, 3.8) is 0 Å². The van der Waals surface area contributed by atoms with Crippen molar-refractivity contribution in [3.05, 3.63) is 53.6 Å². The first-order chi connectivity index (χ1) is 10.0. The number of aromatic nitrogens is 2. The Labute approximate surface area is 122 Å². The Balaban J connectivity index is 1.96.